The van der Waals surface area contributed by atoms with Crippen LogP contribution in [0.5, 0.6) is 5.75 Å². The van der Waals surface area contributed by atoms with E-state index in [0.29, 0.717) is 27.5 Å². The van der Waals surface area contributed by atoms with Crippen molar-refractivity contribution in [2.24, 2.45) is 4.99 Å². The summed E-state index contributed by atoms with van der Waals surface area (Å²) in [7, 11) is 0. The summed E-state index contributed by atoms with van der Waals surface area (Å²) in [5.41, 5.74) is 2.59. The van der Waals surface area contributed by atoms with Crippen molar-refractivity contribution in [2.75, 3.05) is 0 Å². The summed E-state index contributed by atoms with van der Waals surface area (Å²) < 4.78 is 5.86. The molecule has 1 heterocycles. The lowest BCUT2D eigenvalue weighted by Gasteiger charge is -2.08. The zero-order chi connectivity index (χ0) is 20.1. The number of ether oxygens (including phenoxy) is 1. The number of halogens is 1. The van der Waals surface area contributed by atoms with E-state index in [0.717, 1.165) is 16.8 Å². The number of hydrogen-bond donors (Lipinski definition) is 1. The number of para-hydroxylation sites is 1. The van der Waals surface area contributed by atoms with Gasteiger partial charge in [-0.15, -0.1) is 0 Å². The first-order chi connectivity index (χ1) is 14.2. The minimum Gasteiger partial charge on any atom is -0.489 e. The molecule has 3 aromatic carbocycles. The van der Waals surface area contributed by atoms with Gasteiger partial charge in [0.25, 0.3) is 5.91 Å². The van der Waals surface area contributed by atoms with Crippen LogP contribution in [-0.4, -0.2) is 11.1 Å². The van der Waals surface area contributed by atoms with Crippen LogP contribution in [0.25, 0.3) is 6.08 Å². The number of nitrogens with one attached hydrogen (secondary N) is 1. The first-order valence-corrected chi connectivity index (χ1v) is 10.2. The molecule has 1 fully saturated rings. The summed E-state index contributed by atoms with van der Waals surface area (Å²) in [5.74, 6) is 0.549. The predicted octanol–water partition coefficient (Wildman–Crippen LogP) is 5.81. The SMILES string of the molecule is O=C1NC(=Nc2ccccc2)S/C1=C\c1cccc(OCc2ccccc2Cl)c1. The summed E-state index contributed by atoms with van der Waals surface area (Å²) in [6, 6.07) is 24.7. The lowest BCUT2D eigenvalue weighted by atomic mass is 10.2. The molecule has 0 aromatic heterocycles. The quantitative estimate of drug-likeness (QED) is 0.530. The van der Waals surface area contributed by atoms with Crippen molar-refractivity contribution >= 4 is 46.2 Å². The number of rotatable bonds is 5. The van der Waals surface area contributed by atoms with Gasteiger partial charge in [0, 0.05) is 10.6 Å². The average Bonchev–Trinajstić information content (AvgIpc) is 3.07. The van der Waals surface area contributed by atoms with E-state index in [9.17, 15) is 4.79 Å². The molecule has 1 saturated heterocycles. The van der Waals surface area contributed by atoms with Crippen LogP contribution < -0.4 is 10.1 Å². The second-order valence-corrected chi connectivity index (χ2v) is 7.71. The second kappa shape index (κ2) is 8.99. The molecule has 0 aliphatic carbocycles. The third-order valence-corrected chi connectivity index (χ3v) is 5.42. The molecule has 0 radical (unpaired) electrons. The lowest BCUT2D eigenvalue weighted by molar-refractivity contribution is -0.115. The van der Waals surface area contributed by atoms with Crippen molar-refractivity contribution in [3.8, 4) is 5.75 Å². The molecule has 144 valence electrons. The van der Waals surface area contributed by atoms with Crippen LogP contribution in [0.3, 0.4) is 0 Å². The number of benzene rings is 3. The highest BCUT2D eigenvalue weighted by atomic mass is 35.5. The third kappa shape index (κ3) is 5.08. The van der Waals surface area contributed by atoms with Crippen LogP contribution in [0.15, 0.2) is 88.8 Å². The number of aliphatic imine (C=N–C) groups is 1. The second-order valence-electron chi connectivity index (χ2n) is 6.27. The van der Waals surface area contributed by atoms with E-state index in [1.54, 1.807) is 0 Å². The molecule has 0 atom stereocenters. The van der Waals surface area contributed by atoms with E-state index in [1.807, 2.05) is 84.9 Å². The number of amidine groups is 1. The number of hydrogen-bond acceptors (Lipinski definition) is 4. The summed E-state index contributed by atoms with van der Waals surface area (Å²) in [6.07, 6.45) is 1.83. The fourth-order valence-electron chi connectivity index (χ4n) is 2.72. The van der Waals surface area contributed by atoms with Crippen molar-refractivity contribution in [2.45, 2.75) is 6.61 Å². The van der Waals surface area contributed by atoms with E-state index in [-0.39, 0.29) is 5.91 Å². The van der Waals surface area contributed by atoms with E-state index in [2.05, 4.69) is 10.3 Å². The van der Waals surface area contributed by atoms with Crippen LogP contribution in [-0.2, 0) is 11.4 Å². The molecule has 1 aliphatic heterocycles. The van der Waals surface area contributed by atoms with E-state index >= 15 is 0 Å². The van der Waals surface area contributed by atoms with Crippen LogP contribution in [0, 0.1) is 0 Å². The first-order valence-electron chi connectivity index (χ1n) is 8.98. The lowest BCUT2D eigenvalue weighted by Crippen LogP contribution is -2.19. The Hall–Kier alpha value is -3.02. The standard InChI is InChI=1S/C23H17ClN2O2S/c24-20-12-5-4-8-17(20)15-28-19-11-6-7-16(13-19)14-21-22(27)26-23(29-21)25-18-9-2-1-3-10-18/h1-14H,15H2,(H,25,26,27)/b21-14-. The maximum Gasteiger partial charge on any atom is 0.264 e. The van der Waals surface area contributed by atoms with Gasteiger partial charge in [-0.3, -0.25) is 4.79 Å². The van der Waals surface area contributed by atoms with Gasteiger partial charge >= 0.3 is 0 Å². The Morgan fingerprint density at radius 1 is 1.00 bits per heavy atom. The highest BCUT2D eigenvalue weighted by Gasteiger charge is 2.23. The molecular formula is C23H17ClN2O2S. The van der Waals surface area contributed by atoms with Gasteiger partial charge in [-0.05, 0) is 53.7 Å². The van der Waals surface area contributed by atoms with Gasteiger partial charge in [0.1, 0.15) is 12.4 Å². The fourth-order valence-corrected chi connectivity index (χ4v) is 3.75. The smallest absolute Gasteiger partial charge is 0.264 e. The van der Waals surface area contributed by atoms with E-state index in [1.165, 1.54) is 11.8 Å². The zero-order valence-electron chi connectivity index (χ0n) is 15.3. The molecule has 1 N–H and O–H groups in total. The molecule has 6 heteroatoms. The molecule has 3 aromatic rings. The third-order valence-electron chi connectivity index (χ3n) is 4.15. The maximum atomic E-state index is 12.3. The molecule has 4 rings (SSSR count). The highest BCUT2D eigenvalue weighted by Crippen LogP contribution is 2.29. The van der Waals surface area contributed by atoms with Gasteiger partial charge in [-0.1, -0.05) is 60.1 Å². The molecule has 1 aliphatic rings. The first kappa shape index (κ1) is 19.3. The highest BCUT2D eigenvalue weighted by molar-refractivity contribution is 8.18. The van der Waals surface area contributed by atoms with Gasteiger partial charge in [0.15, 0.2) is 5.17 Å². The van der Waals surface area contributed by atoms with Crippen molar-refractivity contribution in [3.63, 3.8) is 0 Å². The Kier molecular flexibility index (Phi) is 5.98. The molecule has 0 unspecified atom stereocenters. The van der Waals surface area contributed by atoms with Crippen molar-refractivity contribution in [3.05, 3.63) is 99.9 Å². The van der Waals surface area contributed by atoms with Crippen molar-refractivity contribution in [1.29, 1.82) is 0 Å². The van der Waals surface area contributed by atoms with Gasteiger partial charge in [0.05, 0.1) is 10.6 Å². The Labute approximate surface area is 178 Å². The number of carbonyl (C=O) groups excluding carboxylic acids is 1. The number of thioether (sulfide) groups is 1. The van der Waals surface area contributed by atoms with Crippen LogP contribution in [0.2, 0.25) is 5.02 Å². The number of carbonyl (C=O) groups is 1. The molecule has 4 nitrogen and oxygen atoms in total. The maximum absolute atomic E-state index is 12.3. The van der Waals surface area contributed by atoms with Gasteiger partial charge < -0.3 is 10.1 Å². The van der Waals surface area contributed by atoms with E-state index in [4.69, 9.17) is 16.3 Å². The minimum absolute atomic E-state index is 0.160. The molecule has 29 heavy (non-hydrogen) atoms. The molecule has 0 saturated carbocycles. The number of amides is 1. The zero-order valence-corrected chi connectivity index (χ0v) is 16.9. The largest absolute Gasteiger partial charge is 0.489 e. The van der Waals surface area contributed by atoms with Gasteiger partial charge in [-0.2, -0.15) is 0 Å². The Morgan fingerprint density at radius 3 is 2.62 bits per heavy atom. The topological polar surface area (TPSA) is 50.7 Å². The predicted molar refractivity (Wildman–Crippen MR) is 119 cm³/mol. The van der Waals surface area contributed by atoms with Crippen LogP contribution in [0.1, 0.15) is 11.1 Å². The van der Waals surface area contributed by atoms with Crippen molar-refractivity contribution in [1.82, 2.24) is 5.32 Å². The van der Waals surface area contributed by atoms with Gasteiger partial charge in [-0.25, -0.2) is 4.99 Å². The Morgan fingerprint density at radius 2 is 1.79 bits per heavy atom. The molecule has 1 amide bonds. The number of nitrogens with zero attached hydrogens (tertiary/aromatic N) is 1. The van der Waals surface area contributed by atoms with Crippen molar-refractivity contribution < 1.29 is 9.53 Å². The van der Waals surface area contributed by atoms with Crippen LogP contribution >= 0.6 is 23.4 Å². The fraction of sp³-hybridized carbons (Fsp3) is 0.0435. The summed E-state index contributed by atoms with van der Waals surface area (Å²) in [5, 5.41) is 4.04. The average molecular weight is 421 g/mol. The normalized spacial score (nSPS) is 16.2. The molecule has 0 bridgehead atoms. The Bertz CT molecular complexity index is 1100. The summed E-state index contributed by atoms with van der Waals surface area (Å²) >= 11 is 7.49. The van der Waals surface area contributed by atoms with Gasteiger partial charge in [0.2, 0.25) is 0 Å². The monoisotopic (exact) mass is 420 g/mol. The molecular weight excluding hydrogens is 404 g/mol. The minimum atomic E-state index is -0.160. The molecule has 0 spiro atoms. The van der Waals surface area contributed by atoms with E-state index < -0.39 is 0 Å². The van der Waals surface area contributed by atoms with Crippen LogP contribution in [0.4, 0.5) is 5.69 Å². The summed E-state index contributed by atoms with van der Waals surface area (Å²) in [4.78, 5) is 17.3. The summed E-state index contributed by atoms with van der Waals surface area (Å²) in [6.45, 7) is 0.378. The Balaban J connectivity index is 1.47.